The molecule has 0 radical (unpaired) electrons. The lowest BCUT2D eigenvalue weighted by Crippen LogP contribution is -2.44. The predicted octanol–water partition coefficient (Wildman–Crippen LogP) is 1.62. The molecule has 3 N–H and O–H groups in total. The topological polar surface area (TPSA) is 79.2 Å². The maximum Gasteiger partial charge on any atom is 0.314 e. The largest absolute Gasteiger partial charge is 0.384 e. The molecule has 1 heterocycles. The van der Waals surface area contributed by atoms with E-state index >= 15 is 0 Å². The van der Waals surface area contributed by atoms with E-state index in [1.165, 1.54) is 24.3 Å². The smallest absolute Gasteiger partial charge is 0.314 e. The summed E-state index contributed by atoms with van der Waals surface area (Å²) in [6.07, 6.45) is 2.47. The van der Waals surface area contributed by atoms with Crippen LogP contribution in [-0.2, 0) is 19.1 Å². The van der Waals surface area contributed by atoms with Crippen LogP contribution in [0.4, 0.5) is 9.18 Å². The summed E-state index contributed by atoms with van der Waals surface area (Å²) < 4.78 is 14.7. The van der Waals surface area contributed by atoms with Gasteiger partial charge in [0.05, 0.1) is 12.7 Å². The number of urea groups is 1. The Labute approximate surface area is 140 Å². The van der Waals surface area contributed by atoms with E-state index in [0.29, 0.717) is 18.5 Å². The van der Waals surface area contributed by atoms with Crippen LogP contribution in [0.2, 0.25) is 0 Å². The van der Waals surface area contributed by atoms with E-state index in [9.17, 15) is 14.3 Å². The highest BCUT2D eigenvalue weighted by Crippen LogP contribution is 2.19. The number of hydrogen-bond donors (Lipinski definition) is 3. The molecule has 1 atom stereocenters. The zero-order valence-corrected chi connectivity index (χ0v) is 14.1. The molecule has 6 nitrogen and oxygen atoms in total. The predicted molar refractivity (Wildman–Crippen MR) is 89.0 cm³/mol. The molecule has 0 saturated carbocycles. The molecule has 2 rings (SSSR count). The lowest BCUT2D eigenvalue weighted by Gasteiger charge is -2.24. The number of benzene rings is 1. The van der Waals surface area contributed by atoms with Gasteiger partial charge in [-0.2, -0.15) is 5.10 Å². The monoisotopic (exact) mass is 334 g/mol. The summed E-state index contributed by atoms with van der Waals surface area (Å²) in [5.74, 6) is -0.369. The fourth-order valence-electron chi connectivity index (χ4n) is 2.33. The number of aryl methyl sites for hydroxylation is 1. The number of carbonyl (C=O) groups excluding carboxylic acids is 1. The minimum absolute atomic E-state index is 0.0242. The van der Waals surface area contributed by atoms with Gasteiger partial charge in [0.25, 0.3) is 0 Å². The van der Waals surface area contributed by atoms with E-state index in [-0.39, 0.29) is 18.4 Å². The summed E-state index contributed by atoms with van der Waals surface area (Å²) in [5.41, 5.74) is 1.41. The van der Waals surface area contributed by atoms with Crippen LogP contribution in [0.15, 0.2) is 30.5 Å². The number of amides is 2. The van der Waals surface area contributed by atoms with Crippen molar-refractivity contribution in [3.8, 4) is 0 Å². The van der Waals surface area contributed by atoms with Crippen molar-refractivity contribution in [3.05, 3.63) is 53.1 Å². The van der Waals surface area contributed by atoms with Crippen LogP contribution in [0, 0.1) is 12.7 Å². The molecular formula is C17H23FN4O2. The van der Waals surface area contributed by atoms with Gasteiger partial charge in [0.1, 0.15) is 11.4 Å². The molecule has 7 heteroatoms. The quantitative estimate of drug-likeness (QED) is 0.751. The Morgan fingerprint density at radius 1 is 1.33 bits per heavy atom. The molecule has 24 heavy (non-hydrogen) atoms. The molecule has 0 aliphatic rings. The SMILES string of the molecule is Cc1c(CCNC(=O)NCC(C)(O)c2ccc(F)cc2)cnn1C. The number of hydrogen-bond acceptors (Lipinski definition) is 3. The highest BCUT2D eigenvalue weighted by atomic mass is 19.1. The molecule has 130 valence electrons. The number of carbonyl (C=O) groups is 1. The summed E-state index contributed by atoms with van der Waals surface area (Å²) in [5, 5.41) is 19.9. The third-order valence-corrected chi connectivity index (χ3v) is 4.08. The second kappa shape index (κ2) is 7.44. The zero-order chi connectivity index (χ0) is 17.7. The third-order valence-electron chi connectivity index (χ3n) is 4.08. The average Bonchev–Trinajstić information content (AvgIpc) is 2.86. The van der Waals surface area contributed by atoms with Crippen LogP contribution in [0.3, 0.4) is 0 Å². The number of nitrogens with one attached hydrogen (secondary N) is 2. The van der Waals surface area contributed by atoms with E-state index in [4.69, 9.17) is 0 Å². The first-order valence-electron chi connectivity index (χ1n) is 7.77. The van der Waals surface area contributed by atoms with Gasteiger partial charge in [0.2, 0.25) is 0 Å². The van der Waals surface area contributed by atoms with Gasteiger partial charge in [-0.3, -0.25) is 4.68 Å². The molecule has 1 unspecified atom stereocenters. The van der Waals surface area contributed by atoms with Crippen molar-refractivity contribution in [2.24, 2.45) is 7.05 Å². The van der Waals surface area contributed by atoms with Crippen molar-refractivity contribution in [2.45, 2.75) is 25.9 Å². The zero-order valence-electron chi connectivity index (χ0n) is 14.1. The summed E-state index contributed by atoms with van der Waals surface area (Å²) >= 11 is 0. The fraction of sp³-hybridized carbons (Fsp3) is 0.412. The molecule has 0 aliphatic carbocycles. The maximum absolute atomic E-state index is 12.9. The van der Waals surface area contributed by atoms with E-state index in [2.05, 4.69) is 15.7 Å². The van der Waals surface area contributed by atoms with Crippen molar-refractivity contribution in [1.29, 1.82) is 0 Å². The molecule has 2 aromatic rings. The number of aliphatic hydroxyl groups is 1. The second-order valence-corrected chi connectivity index (χ2v) is 6.02. The number of halogens is 1. The Hall–Kier alpha value is -2.41. The van der Waals surface area contributed by atoms with Crippen LogP contribution < -0.4 is 10.6 Å². The Kier molecular flexibility index (Phi) is 5.56. The van der Waals surface area contributed by atoms with Gasteiger partial charge in [0, 0.05) is 19.3 Å². The second-order valence-electron chi connectivity index (χ2n) is 6.02. The molecule has 2 amide bonds. The summed E-state index contributed by atoms with van der Waals surface area (Å²) in [4.78, 5) is 11.8. The average molecular weight is 334 g/mol. The van der Waals surface area contributed by atoms with Gasteiger partial charge in [-0.15, -0.1) is 0 Å². The van der Waals surface area contributed by atoms with Crippen molar-refractivity contribution in [1.82, 2.24) is 20.4 Å². The van der Waals surface area contributed by atoms with Crippen LogP contribution in [0.5, 0.6) is 0 Å². The normalized spacial score (nSPS) is 13.4. The number of nitrogens with zero attached hydrogens (tertiary/aromatic N) is 2. The van der Waals surface area contributed by atoms with Gasteiger partial charge >= 0.3 is 6.03 Å². The maximum atomic E-state index is 12.9. The van der Waals surface area contributed by atoms with Crippen LogP contribution >= 0.6 is 0 Å². The minimum atomic E-state index is -1.27. The lowest BCUT2D eigenvalue weighted by atomic mass is 9.96. The molecule has 1 aromatic carbocycles. The first-order chi connectivity index (χ1) is 11.3. The first-order valence-corrected chi connectivity index (χ1v) is 7.77. The Morgan fingerprint density at radius 3 is 2.58 bits per heavy atom. The fourth-order valence-corrected chi connectivity index (χ4v) is 2.33. The van der Waals surface area contributed by atoms with E-state index in [1.54, 1.807) is 17.8 Å². The van der Waals surface area contributed by atoms with Crippen molar-refractivity contribution in [3.63, 3.8) is 0 Å². The van der Waals surface area contributed by atoms with Crippen LogP contribution in [-0.4, -0.2) is 34.0 Å². The molecule has 0 fully saturated rings. The van der Waals surface area contributed by atoms with Gasteiger partial charge in [-0.05, 0) is 43.5 Å². The van der Waals surface area contributed by atoms with Crippen molar-refractivity contribution in [2.75, 3.05) is 13.1 Å². The van der Waals surface area contributed by atoms with Gasteiger partial charge in [-0.25, -0.2) is 9.18 Å². The Balaban J connectivity index is 1.78. The molecule has 0 aliphatic heterocycles. The highest BCUT2D eigenvalue weighted by molar-refractivity contribution is 5.73. The molecule has 0 saturated heterocycles. The molecule has 0 spiro atoms. The third kappa shape index (κ3) is 4.55. The molecule has 0 bridgehead atoms. The van der Waals surface area contributed by atoms with Crippen LogP contribution in [0.25, 0.3) is 0 Å². The van der Waals surface area contributed by atoms with Crippen molar-refractivity contribution >= 4 is 6.03 Å². The highest BCUT2D eigenvalue weighted by Gasteiger charge is 2.23. The summed E-state index contributed by atoms with van der Waals surface area (Å²) in [7, 11) is 1.87. The van der Waals surface area contributed by atoms with Crippen molar-refractivity contribution < 1.29 is 14.3 Å². The van der Waals surface area contributed by atoms with E-state index < -0.39 is 5.60 Å². The Morgan fingerprint density at radius 2 is 2.00 bits per heavy atom. The lowest BCUT2D eigenvalue weighted by molar-refractivity contribution is 0.0593. The van der Waals surface area contributed by atoms with Gasteiger partial charge < -0.3 is 15.7 Å². The first kappa shape index (κ1) is 17.9. The minimum Gasteiger partial charge on any atom is -0.384 e. The Bertz CT molecular complexity index is 695. The number of rotatable bonds is 6. The van der Waals surface area contributed by atoms with E-state index in [1.807, 2.05) is 14.0 Å². The molecular weight excluding hydrogens is 311 g/mol. The standard InChI is InChI=1S/C17H23FN4O2/c1-12-13(10-21-22(12)3)8-9-19-16(23)20-11-17(2,24)14-4-6-15(18)7-5-14/h4-7,10,24H,8-9,11H2,1-3H3,(H2,19,20,23). The van der Waals surface area contributed by atoms with Gasteiger partial charge in [-0.1, -0.05) is 12.1 Å². The molecule has 1 aromatic heterocycles. The van der Waals surface area contributed by atoms with Crippen LogP contribution in [0.1, 0.15) is 23.7 Å². The van der Waals surface area contributed by atoms with E-state index in [0.717, 1.165) is 11.3 Å². The number of aromatic nitrogens is 2. The summed E-state index contributed by atoms with van der Waals surface area (Å²) in [6, 6.07) is 5.19. The van der Waals surface area contributed by atoms with Gasteiger partial charge in [0.15, 0.2) is 0 Å². The summed E-state index contributed by atoms with van der Waals surface area (Å²) in [6.45, 7) is 4.04.